The first-order valence-electron chi connectivity index (χ1n) is 7.90. The predicted octanol–water partition coefficient (Wildman–Crippen LogP) is 2.78. The Labute approximate surface area is 123 Å². The Hall–Kier alpha value is -1.06. The number of rotatable bonds is 8. The third-order valence-electron chi connectivity index (χ3n) is 3.73. The van der Waals surface area contributed by atoms with Crippen molar-refractivity contribution in [3.8, 4) is 5.75 Å². The summed E-state index contributed by atoms with van der Waals surface area (Å²) >= 11 is 0. The summed E-state index contributed by atoms with van der Waals surface area (Å²) in [6, 6.07) is 8.44. The quantitative estimate of drug-likeness (QED) is 0.716. The first kappa shape index (κ1) is 15.3. The Balaban J connectivity index is 1.63. The van der Waals surface area contributed by atoms with E-state index in [1.54, 1.807) is 0 Å². The lowest BCUT2D eigenvalue weighted by atomic mass is 9.93. The van der Waals surface area contributed by atoms with Gasteiger partial charge >= 0.3 is 0 Å². The van der Waals surface area contributed by atoms with Gasteiger partial charge in [-0.15, -0.1) is 0 Å². The molecule has 20 heavy (non-hydrogen) atoms. The number of nitrogens with one attached hydrogen (secondary N) is 2. The average Bonchev–Trinajstić information content (AvgIpc) is 2.46. The largest absolute Gasteiger partial charge is 0.493 e. The summed E-state index contributed by atoms with van der Waals surface area (Å²) in [7, 11) is 0. The zero-order chi connectivity index (χ0) is 14.2. The molecule has 0 aromatic heterocycles. The van der Waals surface area contributed by atoms with Crippen molar-refractivity contribution < 1.29 is 4.74 Å². The third-order valence-corrected chi connectivity index (χ3v) is 3.73. The molecule has 1 aliphatic rings. The van der Waals surface area contributed by atoms with E-state index in [2.05, 4.69) is 48.7 Å². The monoisotopic (exact) mass is 276 g/mol. The summed E-state index contributed by atoms with van der Waals surface area (Å²) in [6.45, 7) is 9.71. The molecular formula is C17H28N2O. The fraction of sp³-hybridized carbons (Fsp3) is 0.647. The molecule has 0 amide bonds. The topological polar surface area (TPSA) is 33.3 Å². The van der Waals surface area contributed by atoms with Gasteiger partial charge in [-0.25, -0.2) is 0 Å². The van der Waals surface area contributed by atoms with E-state index in [1.807, 2.05) is 0 Å². The molecule has 0 radical (unpaired) electrons. The van der Waals surface area contributed by atoms with Crippen molar-refractivity contribution in [3.05, 3.63) is 29.8 Å². The molecule has 1 aliphatic heterocycles. The van der Waals surface area contributed by atoms with Gasteiger partial charge in [0.15, 0.2) is 0 Å². The lowest BCUT2D eigenvalue weighted by Gasteiger charge is -2.26. The molecular weight excluding hydrogens is 248 g/mol. The Morgan fingerprint density at radius 1 is 1.20 bits per heavy atom. The van der Waals surface area contributed by atoms with Crippen LogP contribution in [0.15, 0.2) is 24.3 Å². The maximum Gasteiger partial charge on any atom is 0.122 e. The van der Waals surface area contributed by atoms with E-state index in [1.165, 1.54) is 12.0 Å². The molecule has 0 saturated carbocycles. The fourth-order valence-corrected chi connectivity index (χ4v) is 2.63. The van der Waals surface area contributed by atoms with Crippen LogP contribution in [0.4, 0.5) is 0 Å². The van der Waals surface area contributed by atoms with Crippen LogP contribution in [0.2, 0.25) is 0 Å². The standard InChI is InChI=1S/C17H28N2O/c1-14(2)12-18-9-5-10-19-13-15-8-11-20-17-7-4-3-6-16(15)17/h3-4,6-7,14-15,18-19H,5,8-13H2,1-2H3. The van der Waals surface area contributed by atoms with Gasteiger partial charge in [-0.1, -0.05) is 32.0 Å². The van der Waals surface area contributed by atoms with Crippen LogP contribution in [-0.2, 0) is 0 Å². The molecule has 2 N–H and O–H groups in total. The molecule has 3 heteroatoms. The minimum absolute atomic E-state index is 0.601. The van der Waals surface area contributed by atoms with E-state index in [-0.39, 0.29) is 0 Å². The zero-order valence-electron chi connectivity index (χ0n) is 12.8. The van der Waals surface area contributed by atoms with E-state index in [4.69, 9.17) is 4.74 Å². The van der Waals surface area contributed by atoms with E-state index in [0.29, 0.717) is 5.92 Å². The van der Waals surface area contributed by atoms with E-state index < -0.39 is 0 Å². The average molecular weight is 276 g/mol. The maximum absolute atomic E-state index is 5.70. The fourth-order valence-electron chi connectivity index (χ4n) is 2.63. The van der Waals surface area contributed by atoms with Crippen LogP contribution in [0.25, 0.3) is 0 Å². The number of fused-ring (bicyclic) bond motifs is 1. The molecule has 1 aromatic rings. The summed E-state index contributed by atoms with van der Waals surface area (Å²) in [6.07, 6.45) is 2.31. The van der Waals surface area contributed by atoms with Gasteiger partial charge in [0.2, 0.25) is 0 Å². The smallest absolute Gasteiger partial charge is 0.122 e. The number of para-hydroxylation sites is 1. The summed E-state index contributed by atoms with van der Waals surface area (Å²) in [4.78, 5) is 0. The minimum Gasteiger partial charge on any atom is -0.493 e. The van der Waals surface area contributed by atoms with Gasteiger partial charge in [-0.3, -0.25) is 0 Å². The van der Waals surface area contributed by atoms with Gasteiger partial charge in [0.25, 0.3) is 0 Å². The van der Waals surface area contributed by atoms with Gasteiger partial charge in [0, 0.05) is 12.5 Å². The van der Waals surface area contributed by atoms with Crippen molar-refractivity contribution in [3.63, 3.8) is 0 Å². The first-order valence-corrected chi connectivity index (χ1v) is 7.90. The molecule has 0 fully saturated rings. The molecule has 2 rings (SSSR count). The van der Waals surface area contributed by atoms with Crippen LogP contribution < -0.4 is 15.4 Å². The summed E-state index contributed by atoms with van der Waals surface area (Å²) in [5, 5.41) is 7.07. The SMILES string of the molecule is CC(C)CNCCCNCC1CCOc2ccccc21. The van der Waals surface area contributed by atoms with Gasteiger partial charge in [-0.2, -0.15) is 0 Å². The Morgan fingerprint density at radius 2 is 2.00 bits per heavy atom. The van der Waals surface area contributed by atoms with Crippen LogP contribution in [-0.4, -0.2) is 32.8 Å². The number of hydrogen-bond acceptors (Lipinski definition) is 3. The van der Waals surface area contributed by atoms with Crippen molar-refractivity contribution in [2.45, 2.75) is 32.6 Å². The van der Waals surface area contributed by atoms with Crippen molar-refractivity contribution in [2.75, 3.05) is 32.8 Å². The molecule has 1 unspecified atom stereocenters. The molecule has 1 heterocycles. The van der Waals surface area contributed by atoms with Crippen molar-refractivity contribution in [2.24, 2.45) is 5.92 Å². The zero-order valence-corrected chi connectivity index (χ0v) is 12.8. The summed E-state index contributed by atoms with van der Waals surface area (Å²) < 4.78 is 5.70. The van der Waals surface area contributed by atoms with E-state index in [0.717, 1.165) is 50.9 Å². The number of hydrogen-bond donors (Lipinski definition) is 2. The Kier molecular flexibility index (Phi) is 6.34. The second kappa shape index (κ2) is 8.28. The van der Waals surface area contributed by atoms with Crippen molar-refractivity contribution in [1.29, 1.82) is 0 Å². The molecule has 1 atom stereocenters. The number of benzene rings is 1. The Bertz CT molecular complexity index is 392. The lowest BCUT2D eigenvalue weighted by molar-refractivity contribution is 0.264. The van der Waals surface area contributed by atoms with Crippen LogP contribution in [0, 0.1) is 5.92 Å². The summed E-state index contributed by atoms with van der Waals surface area (Å²) in [5.74, 6) is 2.41. The van der Waals surface area contributed by atoms with Gasteiger partial charge in [0.05, 0.1) is 6.61 Å². The van der Waals surface area contributed by atoms with Gasteiger partial charge in [0.1, 0.15) is 5.75 Å². The molecule has 0 aliphatic carbocycles. The first-order chi connectivity index (χ1) is 9.77. The Morgan fingerprint density at radius 3 is 2.85 bits per heavy atom. The highest BCUT2D eigenvalue weighted by molar-refractivity contribution is 5.37. The highest BCUT2D eigenvalue weighted by Crippen LogP contribution is 2.32. The second-order valence-corrected chi connectivity index (χ2v) is 6.03. The minimum atomic E-state index is 0.601. The van der Waals surface area contributed by atoms with Crippen molar-refractivity contribution >= 4 is 0 Å². The lowest BCUT2D eigenvalue weighted by Crippen LogP contribution is -2.29. The van der Waals surface area contributed by atoms with E-state index in [9.17, 15) is 0 Å². The number of ether oxygens (including phenoxy) is 1. The van der Waals surface area contributed by atoms with Crippen LogP contribution in [0.3, 0.4) is 0 Å². The predicted molar refractivity (Wildman–Crippen MR) is 84.5 cm³/mol. The van der Waals surface area contributed by atoms with Gasteiger partial charge in [-0.05, 0) is 50.0 Å². The highest BCUT2D eigenvalue weighted by atomic mass is 16.5. The normalized spacial score (nSPS) is 17.9. The highest BCUT2D eigenvalue weighted by Gasteiger charge is 2.20. The van der Waals surface area contributed by atoms with Crippen LogP contribution in [0.1, 0.15) is 38.2 Å². The maximum atomic E-state index is 5.70. The van der Waals surface area contributed by atoms with Gasteiger partial charge < -0.3 is 15.4 Å². The van der Waals surface area contributed by atoms with Crippen LogP contribution in [0.5, 0.6) is 5.75 Å². The van der Waals surface area contributed by atoms with Crippen LogP contribution >= 0.6 is 0 Å². The molecule has 3 nitrogen and oxygen atoms in total. The molecule has 1 aromatic carbocycles. The van der Waals surface area contributed by atoms with Crippen molar-refractivity contribution in [1.82, 2.24) is 10.6 Å². The summed E-state index contributed by atoms with van der Waals surface area (Å²) in [5.41, 5.74) is 1.36. The third kappa shape index (κ3) is 4.80. The molecule has 112 valence electrons. The van der Waals surface area contributed by atoms with E-state index >= 15 is 0 Å². The molecule has 0 saturated heterocycles. The molecule has 0 bridgehead atoms. The second-order valence-electron chi connectivity index (χ2n) is 6.03. The molecule has 0 spiro atoms.